The summed E-state index contributed by atoms with van der Waals surface area (Å²) in [6, 6.07) is 9.47. The number of likely N-dealkylation sites (tertiary alicyclic amines) is 1. The van der Waals surface area contributed by atoms with Crippen molar-refractivity contribution in [1.29, 1.82) is 0 Å². The lowest BCUT2D eigenvalue weighted by molar-refractivity contribution is -0.127. The van der Waals surface area contributed by atoms with Crippen LogP contribution in [0.5, 0.6) is 5.75 Å². The third-order valence-electron chi connectivity index (χ3n) is 4.07. The Bertz CT molecular complexity index is 428. The van der Waals surface area contributed by atoms with Gasteiger partial charge in [-0.15, -0.1) is 0 Å². The lowest BCUT2D eigenvalue weighted by Gasteiger charge is -2.20. The number of ether oxygens (including phenoxy) is 1. The van der Waals surface area contributed by atoms with Crippen molar-refractivity contribution in [2.45, 2.75) is 45.1 Å². The van der Waals surface area contributed by atoms with Gasteiger partial charge in [-0.05, 0) is 58.0 Å². The second-order valence-electron chi connectivity index (χ2n) is 5.97. The molecular weight excluding hydrogens is 276 g/mol. The van der Waals surface area contributed by atoms with E-state index in [9.17, 15) is 4.79 Å². The van der Waals surface area contributed by atoms with Gasteiger partial charge in [-0.25, -0.2) is 0 Å². The van der Waals surface area contributed by atoms with Gasteiger partial charge in [0.05, 0.1) is 0 Å². The molecule has 1 fully saturated rings. The summed E-state index contributed by atoms with van der Waals surface area (Å²) in [5, 5.41) is 2.97. The van der Waals surface area contributed by atoms with Crippen LogP contribution < -0.4 is 10.1 Å². The van der Waals surface area contributed by atoms with E-state index in [1.807, 2.05) is 30.3 Å². The highest BCUT2D eigenvalue weighted by Crippen LogP contribution is 2.11. The fraction of sp³-hybridized carbons (Fsp3) is 0.611. The van der Waals surface area contributed by atoms with Gasteiger partial charge in [-0.1, -0.05) is 31.0 Å². The van der Waals surface area contributed by atoms with Gasteiger partial charge in [-0.3, -0.25) is 4.79 Å². The maximum absolute atomic E-state index is 12.0. The van der Waals surface area contributed by atoms with Crippen LogP contribution in [0.25, 0.3) is 0 Å². The maximum Gasteiger partial charge on any atom is 0.260 e. The largest absolute Gasteiger partial charge is 0.481 e. The summed E-state index contributed by atoms with van der Waals surface area (Å²) in [5.74, 6) is 0.689. The second-order valence-corrected chi connectivity index (χ2v) is 5.97. The van der Waals surface area contributed by atoms with Crippen molar-refractivity contribution >= 4 is 5.91 Å². The van der Waals surface area contributed by atoms with Crippen molar-refractivity contribution < 1.29 is 9.53 Å². The molecule has 1 amide bonds. The van der Waals surface area contributed by atoms with Crippen LogP contribution in [-0.4, -0.2) is 43.1 Å². The molecule has 0 bridgehead atoms. The summed E-state index contributed by atoms with van der Waals surface area (Å²) in [6.45, 7) is 6.01. The van der Waals surface area contributed by atoms with E-state index in [1.165, 1.54) is 38.8 Å². The lowest BCUT2D eigenvalue weighted by atomic mass is 10.2. The summed E-state index contributed by atoms with van der Waals surface area (Å²) >= 11 is 0. The van der Waals surface area contributed by atoms with Crippen LogP contribution in [0, 0.1) is 0 Å². The van der Waals surface area contributed by atoms with Crippen molar-refractivity contribution in [2.24, 2.45) is 0 Å². The average molecular weight is 304 g/mol. The first kappa shape index (κ1) is 16.8. The number of nitrogens with zero attached hydrogens (tertiary/aromatic N) is 1. The monoisotopic (exact) mass is 304 g/mol. The second kappa shape index (κ2) is 9.46. The number of hydrogen-bond donors (Lipinski definition) is 1. The Hall–Kier alpha value is -1.55. The van der Waals surface area contributed by atoms with Crippen LogP contribution >= 0.6 is 0 Å². The van der Waals surface area contributed by atoms with Crippen molar-refractivity contribution in [2.75, 3.05) is 26.2 Å². The minimum absolute atomic E-state index is 0.0419. The van der Waals surface area contributed by atoms with Gasteiger partial charge in [0, 0.05) is 6.54 Å². The Morgan fingerprint density at radius 1 is 1.18 bits per heavy atom. The van der Waals surface area contributed by atoms with Crippen LogP contribution in [0.4, 0.5) is 0 Å². The molecule has 1 N–H and O–H groups in total. The normalized spacial score (nSPS) is 17.5. The van der Waals surface area contributed by atoms with Gasteiger partial charge in [0.1, 0.15) is 5.75 Å². The molecule has 4 nitrogen and oxygen atoms in total. The van der Waals surface area contributed by atoms with E-state index >= 15 is 0 Å². The molecule has 1 aromatic carbocycles. The number of carbonyl (C=O) groups is 1. The molecule has 0 aliphatic carbocycles. The molecular formula is C18H28N2O2. The fourth-order valence-corrected chi connectivity index (χ4v) is 2.77. The Morgan fingerprint density at radius 3 is 2.55 bits per heavy atom. The molecule has 4 heteroatoms. The van der Waals surface area contributed by atoms with Crippen LogP contribution in [0.15, 0.2) is 30.3 Å². The number of carbonyl (C=O) groups excluding carboxylic acids is 1. The Balaban J connectivity index is 1.60. The van der Waals surface area contributed by atoms with E-state index < -0.39 is 6.10 Å². The summed E-state index contributed by atoms with van der Waals surface area (Å²) in [5.41, 5.74) is 0. The molecule has 0 saturated carbocycles. The molecule has 1 saturated heterocycles. The standard InChI is InChI=1S/C18H28N2O2/c1-16(22-17-10-5-4-6-11-17)18(21)19-12-9-15-20-13-7-2-3-8-14-20/h4-6,10-11,16H,2-3,7-9,12-15H2,1H3,(H,19,21). The minimum atomic E-state index is -0.458. The topological polar surface area (TPSA) is 41.6 Å². The molecule has 1 aliphatic heterocycles. The summed E-state index contributed by atoms with van der Waals surface area (Å²) < 4.78 is 5.62. The van der Waals surface area contributed by atoms with Crippen LogP contribution in [0.1, 0.15) is 39.0 Å². The molecule has 0 radical (unpaired) electrons. The predicted octanol–water partition coefficient (Wildman–Crippen LogP) is 2.84. The number of para-hydroxylation sites is 1. The lowest BCUT2D eigenvalue weighted by Crippen LogP contribution is -2.38. The molecule has 122 valence electrons. The first-order valence-corrected chi connectivity index (χ1v) is 8.47. The Labute approximate surface area is 133 Å². The van der Waals surface area contributed by atoms with Crippen molar-refractivity contribution in [3.05, 3.63) is 30.3 Å². The minimum Gasteiger partial charge on any atom is -0.481 e. The quantitative estimate of drug-likeness (QED) is 0.788. The summed E-state index contributed by atoms with van der Waals surface area (Å²) in [4.78, 5) is 14.5. The predicted molar refractivity (Wildman–Crippen MR) is 89.1 cm³/mol. The number of nitrogens with one attached hydrogen (secondary N) is 1. The molecule has 1 aromatic rings. The first-order chi connectivity index (χ1) is 10.8. The highest BCUT2D eigenvalue weighted by molar-refractivity contribution is 5.80. The van der Waals surface area contributed by atoms with E-state index in [2.05, 4.69) is 10.2 Å². The SMILES string of the molecule is CC(Oc1ccccc1)C(=O)NCCCN1CCCCCC1. The van der Waals surface area contributed by atoms with Gasteiger partial charge < -0.3 is 15.0 Å². The molecule has 0 aromatic heterocycles. The Kier molecular flexibility index (Phi) is 7.23. The molecule has 1 heterocycles. The molecule has 0 spiro atoms. The summed E-state index contributed by atoms with van der Waals surface area (Å²) in [7, 11) is 0. The Morgan fingerprint density at radius 2 is 1.86 bits per heavy atom. The van der Waals surface area contributed by atoms with Crippen LogP contribution in [0.2, 0.25) is 0 Å². The third-order valence-corrected chi connectivity index (χ3v) is 4.07. The zero-order valence-corrected chi connectivity index (χ0v) is 13.6. The van der Waals surface area contributed by atoms with E-state index in [0.717, 1.165) is 25.3 Å². The molecule has 2 rings (SSSR count). The van der Waals surface area contributed by atoms with Crippen molar-refractivity contribution in [3.8, 4) is 5.75 Å². The van der Waals surface area contributed by atoms with E-state index in [1.54, 1.807) is 6.92 Å². The fourth-order valence-electron chi connectivity index (χ4n) is 2.77. The zero-order valence-electron chi connectivity index (χ0n) is 13.6. The number of amides is 1. The van der Waals surface area contributed by atoms with Gasteiger partial charge in [0.15, 0.2) is 6.10 Å². The molecule has 1 atom stereocenters. The smallest absolute Gasteiger partial charge is 0.260 e. The molecule has 1 aliphatic rings. The summed E-state index contributed by atoms with van der Waals surface area (Å²) in [6.07, 6.45) is 5.90. The van der Waals surface area contributed by atoms with Gasteiger partial charge in [0.25, 0.3) is 5.91 Å². The van der Waals surface area contributed by atoms with Gasteiger partial charge >= 0.3 is 0 Å². The highest BCUT2D eigenvalue weighted by atomic mass is 16.5. The molecule has 1 unspecified atom stereocenters. The van der Waals surface area contributed by atoms with E-state index in [0.29, 0.717) is 0 Å². The highest BCUT2D eigenvalue weighted by Gasteiger charge is 2.14. The van der Waals surface area contributed by atoms with Crippen molar-refractivity contribution in [1.82, 2.24) is 10.2 Å². The third kappa shape index (κ3) is 6.06. The van der Waals surface area contributed by atoms with Crippen molar-refractivity contribution in [3.63, 3.8) is 0 Å². The average Bonchev–Trinajstić information content (AvgIpc) is 2.81. The first-order valence-electron chi connectivity index (χ1n) is 8.47. The number of benzene rings is 1. The zero-order chi connectivity index (χ0) is 15.6. The number of rotatable bonds is 7. The van der Waals surface area contributed by atoms with E-state index in [4.69, 9.17) is 4.74 Å². The van der Waals surface area contributed by atoms with Gasteiger partial charge in [-0.2, -0.15) is 0 Å². The van der Waals surface area contributed by atoms with E-state index in [-0.39, 0.29) is 5.91 Å². The van der Waals surface area contributed by atoms with Crippen LogP contribution in [0.3, 0.4) is 0 Å². The molecule has 22 heavy (non-hydrogen) atoms. The maximum atomic E-state index is 12.0. The van der Waals surface area contributed by atoms with Crippen LogP contribution in [-0.2, 0) is 4.79 Å². The van der Waals surface area contributed by atoms with Gasteiger partial charge in [0.2, 0.25) is 0 Å². The number of hydrogen-bond acceptors (Lipinski definition) is 3.